The van der Waals surface area contributed by atoms with Crippen LogP contribution in [0, 0.1) is 39.9 Å². The van der Waals surface area contributed by atoms with Crippen molar-refractivity contribution in [2.45, 2.75) is 71.3 Å². The molecule has 5 rings (SSSR count). The van der Waals surface area contributed by atoms with E-state index in [2.05, 4.69) is 13.2 Å². The van der Waals surface area contributed by atoms with Gasteiger partial charge in [0.15, 0.2) is 0 Å². The fourth-order valence-electron chi connectivity index (χ4n) is 8.15. The Hall–Kier alpha value is -0.220. The summed E-state index contributed by atoms with van der Waals surface area (Å²) in [6.07, 6.45) is 10.7. The summed E-state index contributed by atoms with van der Waals surface area (Å²) >= 11 is 1.88. The molecule has 2 N–H and O–H groups in total. The third-order valence-electron chi connectivity index (χ3n) is 9.33. The minimum Gasteiger partial charge on any atom is -0.481 e. The molecule has 5 aliphatic rings. The molecular weight excluding hydrogens is 332 g/mol. The van der Waals surface area contributed by atoms with Gasteiger partial charge in [-0.15, -0.1) is 0 Å². The Morgan fingerprint density at radius 2 is 1.84 bits per heavy atom. The fraction of sp³-hybridized carbons (Fsp3) is 0.952. The van der Waals surface area contributed by atoms with E-state index in [1.165, 1.54) is 19.3 Å². The molecule has 0 aliphatic heterocycles. The molecule has 1 spiro atoms. The number of rotatable bonds is 3. The van der Waals surface area contributed by atoms with Gasteiger partial charge in [0, 0.05) is 0 Å². The molecule has 0 heterocycles. The molecule has 0 unspecified atom stereocenters. The van der Waals surface area contributed by atoms with Gasteiger partial charge in [0.1, 0.15) is 0 Å². The maximum atomic E-state index is 12.1. The smallest absolute Gasteiger partial charge is 0.309 e. The van der Waals surface area contributed by atoms with Gasteiger partial charge in [-0.1, -0.05) is 13.3 Å². The minimum atomic E-state index is -0.596. The molecule has 3 nitrogen and oxygen atoms in total. The molecule has 142 valence electrons. The van der Waals surface area contributed by atoms with Crippen molar-refractivity contribution >= 4 is 17.7 Å². The summed E-state index contributed by atoms with van der Waals surface area (Å²) in [5, 5.41) is 21.4. The van der Waals surface area contributed by atoms with E-state index in [4.69, 9.17) is 0 Å². The molecule has 0 aromatic carbocycles. The lowest BCUT2D eigenvalue weighted by atomic mass is 9.35. The molecule has 25 heavy (non-hydrogen) atoms. The van der Waals surface area contributed by atoms with E-state index in [-0.39, 0.29) is 22.9 Å². The Bertz CT molecular complexity index is 565. The van der Waals surface area contributed by atoms with E-state index < -0.39 is 11.4 Å². The molecule has 5 aliphatic carbocycles. The second-order valence-electron chi connectivity index (χ2n) is 10.1. The number of hydrogen-bond acceptors (Lipinski definition) is 3. The summed E-state index contributed by atoms with van der Waals surface area (Å²) in [7, 11) is 0. The molecule has 0 aromatic rings. The average molecular weight is 367 g/mol. The maximum absolute atomic E-state index is 12.1. The number of carbonyl (C=O) groups is 1. The van der Waals surface area contributed by atoms with Crippen LogP contribution >= 0.6 is 11.8 Å². The van der Waals surface area contributed by atoms with Crippen LogP contribution in [-0.2, 0) is 4.79 Å². The van der Waals surface area contributed by atoms with E-state index in [1.807, 2.05) is 18.7 Å². The van der Waals surface area contributed by atoms with Gasteiger partial charge in [0.05, 0.1) is 11.5 Å². The highest BCUT2D eigenvalue weighted by atomic mass is 32.2. The predicted octanol–water partition coefficient (Wildman–Crippen LogP) is 4.43. The van der Waals surface area contributed by atoms with Crippen molar-refractivity contribution in [2.24, 2.45) is 39.9 Å². The van der Waals surface area contributed by atoms with Crippen molar-refractivity contribution in [3.63, 3.8) is 0 Å². The number of carboxylic acid groups (broad SMARTS) is 1. The number of hydrogen-bond donors (Lipinski definition) is 2. The molecule has 0 aromatic heterocycles. The third kappa shape index (κ3) is 2.25. The van der Waals surface area contributed by atoms with Crippen molar-refractivity contribution in [1.82, 2.24) is 0 Å². The third-order valence-corrected chi connectivity index (χ3v) is 10.1. The number of thioether (sulfide) groups is 1. The first kappa shape index (κ1) is 18.2. The van der Waals surface area contributed by atoms with Crippen molar-refractivity contribution < 1.29 is 15.0 Å². The zero-order valence-corrected chi connectivity index (χ0v) is 16.8. The average Bonchev–Trinajstić information content (AvgIpc) is 2.57. The summed E-state index contributed by atoms with van der Waals surface area (Å²) in [6.45, 7) is 4.39. The zero-order valence-electron chi connectivity index (χ0n) is 16.0. The van der Waals surface area contributed by atoms with Gasteiger partial charge in [0.2, 0.25) is 0 Å². The van der Waals surface area contributed by atoms with Gasteiger partial charge < -0.3 is 10.2 Å². The lowest BCUT2D eigenvalue weighted by Gasteiger charge is -2.70. The van der Waals surface area contributed by atoms with Gasteiger partial charge in [-0.05, 0) is 98.4 Å². The monoisotopic (exact) mass is 366 g/mol. The van der Waals surface area contributed by atoms with Crippen molar-refractivity contribution in [3.8, 4) is 0 Å². The lowest BCUT2D eigenvalue weighted by molar-refractivity contribution is -0.241. The van der Waals surface area contributed by atoms with Crippen LogP contribution in [0.5, 0.6) is 0 Å². The topological polar surface area (TPSA) is 57.5 Å². The van der Waals surface area contributed by atoms with Gasteiger partial charge >= 0.3 is 5.97 Å². The zero-order chi connectivity index (χ0) is 18.0. The normalized spacial score (nSPS) is 54.6. The summed E-state index contributed by atoms with van der Waals surface area (Å²) in [5.41, 5.74) is -0.417. The van der Waals surface area contributed by atoms with Crippen LogP contribution in [-0.4, -0.2) is 34.3 Å². The van der Waals surface area contributed by atoms with Crippen LogP contribution in [0.15, 0.2) is 0 Å². The largest absolute Gasteiger partial charge is 0.481 e. The molecule has 0 amide bonds. The van der Waals surface area contributed by atoms with Crippen LogP contribution in [0.4, 0.5) is 0 Å². The lowest BCUT2D eigenvalue weighted by Crippen LogP contribution is -2.67. The quantitative estimate of drug-likeness (QED) is 0.775. The molecule has 8 atom stereocenters. The highest BCUT2D eigenvalue weighted by Crippen LogP contribution is 2.72. The van der Waals surface area contributed by atoms with E-state index in [9.17, 15) is 15.0 Å². The van der Waals surface area contributed by atoms with Gasteiger partial charge in [-0.2, -0.15) is 11.8 Å². The highest BCUT2D eigenvalue weighted by molar-refractivity contribution is 7.98. The summed E-state index contributed by atoms with van der Waals surface area (Å²) < 4.78 is 0. The second kappa shape index (κ2) is 5.89. The van der Waals surface area contributed by atoms with Crippen molar-refractivity contribution in [1.29, 1.82) is 0 Å². The van der Waals surface area contributed by atoms with E-state index >= 15 is 0 Å². The Labute approximate surface area is 156 Å². The van der Waals surface area contributed by atoms with Gasteiger partial charge in [0.25, 0.3) is 0 Å². The van der Waals surface area contributed by atoms with Crippen LogP contribution in [0.1, 0.15) is 65.2 Å². The van der Waals surface area contributed by atoms with Crippen molar-refractivity contribution in [3.05, 3.63) is 0 Å². The number of aliphatic hydroxyl groups excluding tert-OH is 1. The van der Waals surface area contributed by atoms with Gasteiger partial charge in [-0.25, -0.2) is 0 Å². The predicted molar refractivity (Wildman–Crippen MR) is 102 cm³/mol. The maximum Gasteiger partial charge on any atom is 0.309 e. The Balaban J connectivity index is 1.72. The number of aliphatic hydroxyl groups is 1. The summed E-state index contributed by atoms with van der Waals surface area (Å²) in [6, 6.07) is 0. The van der Waals surface area contributed by atoms with Crippen LogP contribution in [0.3, 0.4) is 0 Å². The van der Waals surface area contributed by atoms with E-state index in [0.717, 1.165) is 37.9 Å². The minimum absolute atomic E-state index is 0.0666. The van der Waals surface area contributed by atoms with Crippen LogP contribution in [0.25, 0.3) is 0 Å². The Morgan fingerprint density at radius 1 is 1.12 bits per heavy atom. The van der Waals surface area contributed by atoms with E-state index in [1.54, 1.807) is 0 Å². The summed E-state index contributed by atoms with van der Waals surface area (Å²) in [5.74, 6) is 2.36. The number of carboxylic acids is 1. The Kier molecular flexibility index (Phi) is 4.28. The second-order valence-corrected chi connectivity index (χ2v) is 11.0. The molecule has 4 heteroatoms. The van der Waals surface area contributed by atoms with Crippen molar-refractivity contribution in [2.75, 3.05) is 12.0 Å². The molecule has 2 bridgehead atoms. The molecule has 5 saturated carbocycles. The van der Waals surface area contributed by atoms with Gasteiger partial charge in [-0.3, -0.25) is 4.79 Å². The number of aliphatic carboxylic acids is 1. The van der Waals surface area contributed by atoms with Crippen LogP contribution in [0.2, 0.25) is 0 Å². The van der Waals surface area contributed by atoms with E-state index in [0.29, 0.717) is 17.8 Å². The first-order chi connectivity index (χ1) is 11.8. The fourth-order valence-corrected chi connectivity index (χ4v) is 8.99. The molecule has 0 radical (unpaired) electrons. The highest BCUT2D eigenvalue weighted by Gasteiger charge is 2.68. The SMILES string of the molecule is CSC[C@H]1[C@H]2CC[C@@]3(CC[C@H]4[C@@](C)(CCC[C@@]4(C)C(=O)O)[C@@H]3C2)[C@H]1O. The first-order valence-corrected chi connectivity index (χ1v) is 11.6. The number of fused-ring (bicyclic) bond motifs is 3. The molecule has 5 fully saturated rings. The Morgan fingerprint density at radius 3 is 2.52 bits per heavy atom. The molecular formula is C21H34O3S. The standard InChI is InChI=1S/C21H34O3S/c1-19-7-4-8-20(2,18(23)24)15(19)6-10-21-9-5-13(11-16(19)21)14(12-25-3)17(21)22/h13-17,22H,4-12H2,1-3H3,(H,23,24)/t13-,14-,15-,16-,17-,19+,20+,21-/m0/s1. The van der Waals surface area contributed by atoms with Crippen LogP contribution < -0.4 is 0 Å². The summed E-state index contributed by atoms with van der Waals surface area (Å²) in [4.78, 5) is 12.1. The first-order valence-electron chi connectivity index (χ1n) is 10.2. The molecule has 0 saturated heterocycles.